The molecule has 3 nitrogen and oxygen atoms in total. The molecule has 0 aliphatic heterocycles. The highest BCUT2D eigenvalue weighted by atomic mass is 35.5. The molecule has 0 saturated carbocycles. The second-order valence-corrected chi connectivity index (χ2v) is 3.28. The molecule has 0 aliphatic rings. The van der Waals surface area contributed by atoms with E-state index in [1.165, 1.54) is 0 Å². The predicted octanol–water partition coefficient (Wildman–Crippen LogP) is 2.94. The third-order valence-corrected chi connectivity index (χ3v) is 2.38. The molecule has 0 radical (unpaired) electrons. The second kappa shape index (κ2) is 3.72. The van der Waals surface area contributed by atoms with E-state index in [1.807, 2.05) is 30.3 Å². The number of anilines is 2. The van der Waals surface area contributed by atoms with E-state index in [4.69, 9.17) is 11.6 Å². The number of hydrogen-bond donors (Lipinski definition) is 1. The average Bonchev–Trinajstić information content (AvgIpc) is 2.54. The molecule has 1 aromatic heterocycles. The number of nitrogens with one attached hydrogen (secondary N) is 1. The van der Waals surface area contributed by atoms with E-state index in [0.29, 0.717) is 11.0 Å². The molecule has 0 atom stereocenters. The van der Waals surface area contributed by atoms with Crippen LogP contribution in [0.3, 0.4) is 0 Å². The minimum absolute atomic E-state index is 0.411. The molecule has 1 heterocycles. The fraction of sp³-hybridized carbons (Fsp3) is 0. The van der Waals surface area contributed by atoms with Crippen LogP contribution in [0.15, 0.2) is 30.3 Å². The van der Waals surface area contributed by atoms with Gasteiger partial charge in [0.2, 0.25) is 0 Å². The molecule has 0 aliphatic carbocycles. The van der Waals surface area contributed by atoms with Crippen molar-refractivity contribution >= 4 is 34.8 Å². The number of nitrogens with zero attached hydrogens (tertiary/aromatic N) is 2. The van der Waals surface area contributed by atoms with Crippen molar-refractivity contribution in [3.05, 3.63) is 35.5 Å². The van der Waals surface area contributed by atoms with Crippen LogP contribution >= 0.6 is 23.3 Å². The van der Waals surface area contributed by atoms with Crippen molar-refractivity contribution in [2.75, 3.05) is 5.32 Å². The number of hydrogen-bond acceptors (Lipinski definition) is 4. The van der Waals surface area contributed by atoms with Gasteiger partial charge in [-0.05, 0) is 12.1 Å². The number of aromatic nitrogens is 2. The number of rotatable bonds is 2. The topological polar surface area (TPSA) is 37.8 Å². The summed E-state index contributed by atoms with van der Waals surface area (Å²) < 4.78 is 7.84. The fourth-order valence-corrected chi connectivity index (χ4v) is 1.56. The van der Waals surface area contributed by atoms with Crippen LogP contribution in [0.2, 0.25) is 5.15 Å². The summed E-state index contributed by atoms with van der Waals surface area (Å²) in [6.07, 6.45) is 0. The first-order valence-corrected chi connectivity index (χ1v) is 4.77. The Labute approximate surface area is 84.7 Å². The summed E-state index contributed by atoms with van der Waals surface area (Å²) in [5, 5.41) is 3.47. The van der Waals surface area contributed by atoms with Gasteiger partial charge in [-0.2, -0.15) is 8.75 Å². The van der Waals surface area contributed by atoms with E-state index in [9.17, 15) is 0 Å². The molecular formula is C8H6ClN3S. The highest BCUT2D eigenvalue weighted by Crippen LogP contribution is 2.22. The summed E-state index contributed by atoms with van der Waals surface area (Å²) in [4.78, 5) is 0. The van der Waals surface area contributed by atoms with Gasteiger partial charge in [0.25, 0.3) is 0 Å². The van der Waals surface area contributed by atoms with E-state index >= 15 is 0 Å². The van der Waals surface area contributed by atoms with Crippen molar-refractivity contribution < 1.29 is 0 Å². The molecule has 0 spiro atoms. The Bertz CT molecular complexity index is 387. The van der Waals surface area contributed by atoms with Crippen LogP contribution in [0.25, 0.3) is 0 Å². The van der Waals surface area contributed by atoms with Crippen LogP contribution in [0.1, 0.15) is 0 Å². The summed E-state index contributed by atoms with van der Waals surface area (Å²) in [7, 11) is 0. The van der Waals surface area contributed by atoms with Crippen molar-refractivity contribution in [2.24, 2.45) is 0 Å². The lowest BCUT2D eigenvalue weighted by Crippen LogP contribution is -1.89. The Balaban J connectivity index is 2.20. The zero-order valence-electron chi connectivity index (χ0n) is 6.57. The smallest absolute Gasteiger partial charge is 0.187 e. The number of halogens is 1. The zero-order chi connectivity index (χ0) is 9.10. The van der Waals surface area contributed by atoms with Crippen LogP contribution in [0, 0.1) is 0 Å². The van der Waals surface area contributed by atoms with Crippen molar-refractivity contribution in [3.63, 3.8) is 0 Å². The molecule has 13 heavy (non-hydrogen) atoms. The first kappa shape index (κ1) is 8.47. The van der Waals surface area contributed by atoms with Crippen LogP contribution in [-0.2, 0) is 0 Å². The number of benzene rings is 1. The van der Waals surface area contributed by atoms with Gasteiger partial charge in [0.1, 0.15) is 0 Å². The molecule has 5 heteroatoms. The third-order valence-electron chi connectivity index (χ3n) is 1.49. The van der Waals surface area contributed by atoms with E-state index < -0.39 is 0 Å². The monoisotopic (exact) mass is 211 g/mol. The normalized spacial score (nSPS) is 9.92. The maximum atomic E-state index is 5.76. The predicted molar refractivity (Wildman–Crippen MR) is 54.6 cm³/mol. The van der Waals surface area contributed by atoms with Gasteiger partial charge < -0.3 is 5.32 Å². The Morgan fingerprint density at radius 3 is 2.54 bits per heavy atom. The third kappa shape index (κ3) is 1.96. The van der Waals surface area contributed by atoms with Crippen LogP contribution in [-0.4, -0.2) is 8.75 Å². The summed E-state index contributed by atoms with van der Waals surface area (Å²) in [6, 6.07) is 9.71. The van der Waals surface area contributed by atoms with E-state index in [1.54, 1.807) is 0 Å². The average molecular weight is 212 g/mol. The molecule has 2 rings (SSSR count). The highest BCUT2D eigenvalue weighted by Gasteiger charge is 2.03. The van der Waals surface area contributed by atoms with Gasteiger partial charge in [0.05, 0.1) is 11.7 Å². The first-order chi connectivity index (χ1) is 6.36. The highest BCUT2D eigenvalue weighted by molar-refractivity contribution is 6.99. The minimum Gasteiger partial charge on any atom is -0.337 e. The van der Waals surface area contributed by atoms with Gasteiger partial charge in [-0.15, -0.1) is 0 Å². The van der Waals surface area contributed by atoms with Crippen molar-refractivity contribution in [1.29, 1.82) is 0 Å². The minimum atomic E-state index is 0.411. The molecule has 66 valence electrons. The molecule has 0 unspecified atom stereocenters. The molecule has 0 fully saturated rings. The van der Waals surface area contributed by atoms with Crippen LogP contribution < -0.4 is 5.32 Å². The molecule has 0 saturated heterocycles. The first-order valence-electron chi connectivity index (χ1n) is 3.66. The van der Waals surface area contributed by atoms with Gasteiger partial charge in [-0.1, -0.05) is 29.8 Å². The summed E-state index contributed by atoms with van der Waals surface area (Å²) >= 11 is 6.86. The Morgan fingerprint density at radius 2 is 1.92 bits per heavy atom. The maximum absolute atomic E-state index is 5.76. The van der Waals surface area contributed by atoms with Gasteiger partial charge in [-0.25, -0.2) is 0 Å². The summed E-state index contributed by atoms with van der Waals surface area (Å²) in [5.74, 6) is 0.609. The van der Waals surface area contributed by atoms with Gasteiger partial charge in [-0.3, -0.25) is 0 Å². The van der Waals surface area contributed by atoms with Gasteiger partial charge >= 0.3 is 0 Å². The SMILES string of the molecule is Clc1nsnc1Nc1ccccc1. The van der Waals surface area contributed by atoms with E-state index in [2.05, 4.69) is 14.1 Å². The molecule has 2 aromatic rings. The van der Waals surface area contributed by atoms with Gasteiger partial charge in [0, 0.05) is 5.69 Å². The Morgan fingerprint density at radius 1 is 1.15 bits per heavy atom. The number of para-hydroxylation sites is 1. The summed E-state index contributed by atoms with van der Waals surface area (Å²) in [6.45, 7) is 0. The maximum Gasteiger partial charge on any atom is 0.187 e. The summed E-state index contributed by atoms with van der Waals surface area (Å²) in [5.41, 5.74) is 0.956. The lowest BCUT2D eigenvalue weighted by molar-refractivity contribution is 1.45. The molecule has 0 amide bonds. The van der Waals surface area contributed by atoms with Crippen molar-refractivity contribution in [3.8, 4) is 0 Å². The van der Waals surface area contributed by atoms with Crippen molar-refractivity contribution in [1.82, 2.24) is 8.75 Å². The molecular weight excluding hydrogens is 206 g/mol. The second-order valence-electron chi connectivity index (χ2n) is 2.39. The largest absolute Gasteiger partial charge is 0.337 e. The molecule has 1 aromatic carbocycles. The zero-order valence-corrected chi connectivity index (χ0v) is 8.14. The molecule has 1 N–H and O–H groups in total. The van der Waals surface area contributed by atoms with Crippen LogP contribution in [0.5, 0.6) is 0 Å². The Kier molecular flexibility index (Phi) is 2.42. The molecule has 0 bridgehead atoms. The van der Waals surface area contributed by atoms with Crippen molar-refractivity contribution in [2.45, 2.75) is 0 Å². The quantitative estimate of drug-likeness (QED) is 0.830. The van der Waals surface area contributed by atoms with E-state index in [-0.39, 0.29) is 0 Å². The standard InChI is InChI=1S/C8H6ClN3S/c9-7-8(12-13-11-7)10-6-4-2-1-3-5-6/h1-5H,(H,10,12). The lowest BCUT2D eigenvalue weighted by Gasteiger charge is -2.00. The van der Waals surface area contributed by atoms with E-state index in [0.717, 1.165) is 17.4 Å². The Hall–Kier alpha value is -1.13. The van der Waals surface area contributed by atoms with Crippen LogP contribution in [0.4, 0.5) is 11.5 Å². The fourth-order valence-electron chi connectivity index (χ4n) is 0.911. The lowest BCUT2D eigenvalue weighted by atomic mass is 10.3. The van der Waals surface area contributed by atoms with Gasteiger partial charge in [0.15, 0.2) is 11.0 Å².